The largest absolute Gasteiger partial charge is 0.495 e. The fourth-order valence-electron chi connectivity index (χ4n) is 1.63. The van der Waals surface area contributed by atoms with Crippen molar-refractivity contribution in [2.45, 2.75) is 0 Å². The summed E-state index contributed by atoms with van der Waals surface area (Å²) in [5.41, 5.74) is 0.153. The average molecular weight is 339 g/mol. The number of nitrogens with zero attached hydrogens (tertiary/aromatic N) is 1. The van der Waals surface area contributed by atoms with Gasteiger partial charge in [0.05, 0.1) is 22.8 Å². The summed E-state index contributed by atoms with van der Waals surface area (Å²) in [7, 11) is 1.51. The molecule has 2 aromatic rings. The van der Waals surface area contributed by atoms with Gasteiger partial charge in [0.1, 0.15) is 11.8 Å². The molecule has 0 saturated carbocycles. The second kappa shape index (κ2) is 5.88. The molecule has 0 unspecified atom stereocenters. The minimum absolute atomic E-state index is 0.0501. The minimum Gasteiger partial charge on any atom is -0.495 e. The lowest BCUT2D eigenvalue weighted by Crippen LogP contribution is -1.99. The van der Waals surface area contributed by atoms with Crippen LogP contribution < -0.4 is 10.1 Å². The van der Waals surface area contributed by atoms with Crippen molar-refractivity contribution in [3.63, 3.8) is 0 Å². The maximum Gasteiger partial charge on any atom is 0.183 e. The predicted molar refractivity (Wildman–Crippen MR) is 75.0 cm³/mol. The first-order valence-corrected chi connectivity index (χ1v) is 6.34. The van der Waals surface area contributed by atoms with Gasteiger partial charge in [-0.15, -0.1) is 0 Å². The lowest BCUT2D eigenvalue weighted by molar-refractivity contribution is 0.412. The summed E-state index contributed by atoms with van der Waals surface area (Å²) in [4.78, 5) is 0. The number of benzene rings is 2. The highest BCUT2D eigenvalue weighted by Crippen LogP contribution is 2.30. The number of halogens is 3. The highest BCUT2D eigenvalue weighted by Gasteiger charge is 2.13. The molecule has 102 valence electrons. The number of hydrogen-bond donors (Lipinski definition) is 1. The van der Waals surface area contributed by atoms with Crippen LogP contribution in [0.15, 0.2) is 34.8 Å². The Morgan fingerprint density at radius 1 is 1.20 bits per heavy atom. The smallest absolute Gasteiger partial charge is 0.183 e. The Labute approximate surface area is 122 Å². The standard InChI is InChI=1S/C14H9BrF2N2O/c1-20-12-6-9(3-4-10(12)15)19-11-5-2-8(7-18)13(16)14(11)17/h2-6,19H,1H3. The van der Waals surface area contributed by atoms with Crippen molar-refractivity contribution in [1.82, 2.24) is 0 Å². The van der Waals surface area contributed by atoms with Crippen LogP contribution in [0.4, 0.5) is 20.2 Å². The minimum atomic E-state index is -1.17. The van der Waals surface area contributed by atoms with E-state index in [9.17, 15) is 8.78 Å². The van der Waals surface area contributed by atoms with Crippen molar-refractivity contribution in [2.75, 3.05) is 12.4 Å². The summed E-state index contributed by atoms with van der Waals surface area (Å²) < 4.78 is 33.1. The van der Waals surface area contributed by atoms with E-state index in [0.717, 1.165) is 4.47 Å². The summed E-state index contributed by atoms with van der Waals surface area (Å²) in [5, 5.41) is 11.4. The third-order valence-corrected chi connectivity index (χ3v) is 3.29. The topological polar surface area (TPSA) is 45.0 Å². The van der Waals surface area contributed by atoms with E-state index in [1.54, 1.807) is 24.3 Å². The van der Waals surface area contributed by atoms with Crippen molar-refractivity contribution in [1.29, 1.82) is 5.26 Å². The molecule has 6 heteroatoms. The van der Waals surface area contributed by atoms with E-state index in [2.05, 4.69) is 21.2 Å². The van der Waals surface area contributed by atoms with E-state index in [0.29, 0.717) is 11.4 Å². The van der Waals surface area contributed by atoms with Crippen molar-refractivity contribution < 1.29 is 13.5 Å². The molecule has 0 atom stereocenters. The maximum atomic E-state index is 13.8. The van der Waals surface area contributed by atoms with Crippen LogP contribution in [0.2, 0.25) is 0 Å². The van der Waals surface area contributed by atoms with Gasteiger partial charge >= 0.3 is 0 Å². The lowest BCUT2D eigenvalue weighted by Gasteiger charge is -2.11. The summed E-state index contributed by atoms with van der Waals surface area (Å²) in [6.07, 6.45) is 0. The van der Waals surface area contributed by atoms with Gasteiger partial charge in [-0.1, -0.05) is 0 Å². The summed E-state index contributed by atoms with van der Waals surface area (Å²) in [6.45, 7) is 0. The Morgan fingerprint density at radius 2 is 1.95 bits per heavy atom. The third-order valence-electron chi connectivity index (χ3n) is 2.63. The number of nitrogens with one attached hydrogen (secondary N) is 1. The zero-order valence-corrected chi connectivity index (χ0v) is 12.0. The Bertz CT molecular complexity index is 698. The van der Waals surface area contributed by atoms with Gasteiger partial charge in [0.25, 0.3) is 0 Å². The first-order chi connectivity index (χ1) is 9.56. The van der Waals surface area contributed by atoms with E-state index in [4.69, 9.17) is 10.00 Å². The van der Waals surface area contributed by atoms with Crippen LogP contribution in [-0.2, 0) is 0 Å². The number of anilines is 2. The van der Waals surface area contributed by atoms with Gasteiger partial charge in [0.15, 0.2) is 11.6 Å². The molecule has 1 N–H and O–H groups in total. The molecule has 0 bridgehead atoms. The van der Waals surface area contributed by atoms with Crippen LogP contribution >= 0.6 is 15.9 Å². The van der Waals surface area contributed by atoms with Gasteiger partial charge in [-0.05, 0) is 40.2 Å². The molecular weight excluding hydrogens is 330 g/mol. The lowest BCUT2D eigenvalue weighted by atomic mass is 10.2. The molecule has 0 saturated heterocycles. The number of ether oxygens (including phenoxy) is 1. The number of rotatable bonds is 3. The van der Waals surface area contributed by atoms with Crippen molar-refractivity contribution >= 4 is 27.3 Å². The van der Waals surface area contributed by atoms with Gasteiger partial charge in [0, 0.05) is 11.8 Å². The molecule has 0 aromatic heterocycles. The normalized spacial score (nSPS) is 9.95. The van der Waals surface area contributed by atoms with Crippen LogP contribution in [0.25, 0.3) is 0 Å². The van der Waals surface area contributed by atoms with Gasteiger partial charge in [-0.2, -0.15) is 5.26 Å². The molecule has 20 heavy (non-hydrogen) atoms. The van der Waals surface area contributed by atoms with Crippen LogP contribution in [0.1, 0.15) is 5.56 Å². The second-order valence-electron chi connectivity index (χ2n) is 3.87. The molecule has 0 aliphatic heterocycles. The third kappa shape index (κ3) is 2.73. The van der Waals surface area contributed by atoms with Crippen molar-refractivity contribution in [3.8, 4) is 11.8 Å². The molecule has 2 aromatic carbocycles. The maximum absolute atomic E-state index is 13.8. The number of hydrogen-bond acceptors (Lipinski definition) is 3. The molecule has 0 spiro atoms. The zero-order chi connectivity index (χ0) is 14.7. The number of methoxy groups -OCH3 is 1. The fraction of sp³-hybridized carbons (Fsp3) is 0.0714. The molecule has 0 radical (unpaired) electrons. The van der Waals surface area contributed by atoms with Crippen LogP contribution in [0.3, 0.4) is 0 Å². The molecule has 2 rings (SSSR count). The van der Waals surface area contributed by atoms with Crippen molar-refractivity contribution in [2.24, 2.45) is 0 Å². The van der Waals surface area contributed by atoms with E-state index < -0.39 is 11.6 Å². The van der Waals surface area contributed by atoms with Gasteiger partial charge in [-0.25, -0.2) is 8.78 Å². The molecule has 0 heterocycles. The number of nitriles is 1. The summed E-state index contributed by atoms with van der Waals surface area (Å²) >= 11 is 3.30. The molecule has 0 aliphatic carbocycles. The second-order valence-corrected chi connectivity index (χ2v) is 4.73. The predicted octanol–water partition coefficient (Wildman–Crippen LogP) is 4.35. The molecule has 0 fully saturated rings. The molecule has 3 nitrogen and oxygen atoms in total. The first kappa shape index (κ1) is 14.3. The Morgan fingerprint density at radius 3 is 2.60 bits per heavy atom. The highest BCUT2D eigenvalue weighted by atomic mass is 79.9. The van der Waals surface area contributed by atoms with Crippen LogP contribution in [0.5, 0.6) is 5.75 Å². The van der Waals surface area contributed by atoms with Gasteiger partial charge in [0.2, 0.25) is 0 Å². The summed E-state index contributed by atoms with van der Waals surface area (Å²) in [5.74, 6) is -1.70. The zero-order valence-electron chi connectivity index (χ0n) is 10.4. The van der Waals surface area contributed by atoms with Gasteiger partial charge < -0.3 is 10.1 Å². The monoisotopic (exact) mass is 338 g/mol. The SMILES string of the molecule is COc1cc(Nc2ccc(C#N)c(F)c2F)ccc1Br. The fourth-order valence-corrected chi connectivity index (χ4v) is 2.03. The Kier molecular flexibility index (Phi) is 4.20. The quantitative estimate of drug-likeness (QED) is 0.904. The van der Waals surface area contributed by atoms with Gasteiger partial charge in [-0.3, -0.25) is 0 Å². The van der Waals surface area contributed by atoms with E-state index >= 15 is 0 Å². The van der Waals surface area contributed by atoms with E-state index in [1.807, 2.05) is 0 Å². The highest BCUT2D eigenvalue weighted by molar-refractivity contribution is 9.10. The molecular formula is C14H9BrF2N2O. The molecule has 0 amide bonds. The Balaban J connectivity index is 2.36. The molecule has 0 aliphatic rings. The van der Waals surface area contributed by atoms with Crippen LogP contribution in [-0.4, -0.2) is 7.11 Å². The Hall–Kier alpha value is -2.13. The van der Waals surface area contributed by atoms with E-state index in [1.165, 1.54) is 19.2 Å². The summed E-state index contributed by atoms with van der Waals surface area (Å²) in [6, 6.07) is 9.16. The van der Waals surface area contributed by atoms with E-state index in [-0.39, 0.29) is 11.3 Å². The van der Waals surface area contributed by atoms with Crippen LogP contribution in [0, 0.1) is 23.0 Å². The first-order valence-electron chi connectivity index (χ1n) is 5.55. The average Bonchev–Trinajstić information content (AvgIpc) is 2.46. The van der Waals surface area contributed by atoms with Crippen molar-refractivity contribution in [3.05, 3.63) is 52.0 Å².